The average Bonchev–Trinajstić information content (AvgIpc) is 2.71. The van der Waals surface area contributed by atoms with E-state index in [9.17, 15) is 0 Å². The molecule has 0 saturated carbocycles. The summed E-state index contributed by atoms with van der Waals surface area (Å²) in [6, 6.07) is 7.92. The molecule has 4 nitrogen and oxygen atoms in total. The van der Waals surface area contributed by atoms with Crippen LogP contribution >= 0.6 is 0 Å². The van der Waals surface area contributed by atoms with Crippen molar-refractivity contribution in [1.82, 2.24) is 15.0 Å². The van der Waals surface area contributed by atoms with E-state index in [2.05, 4.69) is 17.1 Å². The maximum Gasteiger partial charge on any atom is 0.118 e. The van der Waals surface area contributed by atoms with Crippen LogP contribution in [0.1, 0.15) is 19.0 Å². The predicted octanol–water partition coefficient (Wildman–Crippen LogP) is 2.44. The number of benzene rings is 1. The first-order valence-electron chi connectivity index (χ1n) is 5.79. The molecular formula is C13H17N3O. The average molecular weight is 231 g/mol. The molecule has 0 N–H and O–H groups in total. The van der Waals surface area contributed by atoms with Crippen molar-refractivity contribution < 1.29 is 4.74 Å². The van der Waals surface area contributed by atoms with Gasteiger partial charge in [-0.3, -0.25) is 0 Å². The molecule has 2 aromatic rings. The lowest BCUT2D eigenvalue weighted by atomic mass is 10.1. The van der Waals surface area contributed by atoms with Gasteiger partial charge < -0.3 is 4.74 Å². The van der Waals surface area contributed by atoms with Crippen molar-refractivity contribution in [2.75, 3.05) is 7.11 Å². The number of rotatable bonds is 4. The predicted molar refractivity (Wildman–Crippen MR) is 67.0 cm³/mol. The molecule has 2 rings (SSSR count). The van der Waals surface area contributed by atoms with Gasteiger partial charge in [-0.25, -0.2) is 0 Å². The zero-order valence-electron chi connectivity index (χ0n) is 10.5. The highest BCUT2D eigenvalue weighted by molar-refractivity contribution is 5.62. The van der Waals surface area contributed by atoms with E-state index in [1.807, 2.05) is 31.3 Å². The number of aryl methyl sites for hydroxylation is 2. The van der Waals surface area contributed by atoms with Gasteiger partial charge in [-0.05, 0) is 30.7 Å². The molecule has 0 bridgehead atoms. The van der Waals surface area contributed by atoms with Crippen LogP contribution in [0.3, 0.4) is 0 Å². The molecule has 0 aliphatic rings. The monoisotopic (exact) mass is 231 g/mol. The molecule has 4 heteroatoms. The Kier molecular flexibility index (Phi) is 3.42. The van der Waals surface area contributed by atoms with Crippen molar-refractivity contribution in [1.29, 1.82) is 0 Å². The summed E-state index contributed by atoms with van der Waals surface area (Å²) in [5.41, 5.74) is 3.11. The lowest BCUT2D eigenvalue weighted by molar-refractivity contribution is 0.415. The molecule has 1 heterocycles. The van der Waals surface area contributed by atoms with Crippen LogP contribution in [0.4, 0.5) is 0 Å². The number of methoxy groups -OCH3 is 1. The molecule has 1 aromatic heterocycles. The largest absolute Gasteiger partial charge is 0.497 e. The van der Waals surface area contributed by atoms with Gasteiger partial charge in [0.05, 0.1) is 12.8 Å². The van der Waals surface area contributed by atoms with Crippen LogP contribution in [0.2, 0.25) is 0 Å². The van der Waals surface area contributed by atoms with E-state index in [1.165, 1.54) is 0 Å². The third kappa shape index (κ3) is 2.46. The summed E-state index contributed by atoms with van der Waals surface area (Å²) in [6.07, 6.45) is 2.02. The summed E-state index contributed by atoms with van der Waals surface area (Å²) in [5, 5.41) is 8.81. The number of aromatic nitrogens is 3. The van der Waals surface area contributed by atoms with Gasteiger partial charge in [0.25, 0.3) is 0 Å². The number of nitrogens with zero attached hydrogens (tertiary/aromatic N) is 3. The smallest absolute Gasteiger partial charge is 0.118 e. The number of hydrogen-bond donors (Lipinski definition) is 0. The lowest BCUT2D eigenvalue weighted by Crippen LogP contribution is -1.92. The zero-order valence-corrected chi connectivity index (χ0v) is 10.5. The first kappa shape index (κ1) is 11.6. The van der Waals surface area contributed by atoms with Crippen molar-refractivity contribution >= 4 is 0 Å². The van der Waals surface area contributed by atoms with E-state index in [-0.39, 0.29) is 0 Å². The van der Waals surface area contributed by atoms with Crippen molar-refractivity contribution in [3.05, 3.63) is 30.0 Å². The molecular weight excluding hydrogens is 214 g/mol. The van der Waals surface area contributed by atoms with Gasteiger partial charge in [0, 0.05) is 12.6 Å². The minimum atomic E-state index is 0.856. The minimum absolute atomic E-state index is 0.856. The topological polar surface area (TPSA) is 39.9 Å². The van der Waals surface area contributed by atoms with Crippen LogP contribution in [0.15, 0.2) is 24.3 Å². The van der Waals surface area contributed by atoms with E-state index < -0.39 is 0 Å². The molecule has 90 valence electrons. The Morgan fingerprint density at radius 3 is 2.47 bits per heavy atom. The fourth-order valence-electron chi connectivity index (χ4n) is 1.83. The van der Waals surface area contributed by atoms with Crippen LogP contribution in [-0.2, 0) is 13.5 Å². The molecule has 0 unspecified atom stereocenters. The highest BCUT2D eigenvalue weighted by atomic mass is 16.5. The first-order valence-corrected chi connectivity index (χ1v) is 5.79. The molecule has 17 heavy (non-hydrogen) atoms. The second-order valence-corrected chi connectivity index (χ2v) is 3.96. The zero-order chi connectivity index (χ0) is 12.3. The van der Waals surface area contributed by atoms with Crippen molar-refractivity contribution in [3.8, 4) is 17.0 Å². The van der Waals surface area contributed by atoms with Crippen LogP contribution in [-0.4, -0.2) is 22.1 Å². The van der Waals surface area contributed by atoms with Gasteiger partial charge in [-0.15, -0.1) is 0 Å². The van der Waals surface area contributed by atoms with E-state index in [0.29, 0.717) is 0 Å². The van der Waals surface area contributed by atoms with Crippen molar-refractivity contribution in [2.45, 2.75) is 19.8 Å². The Morgan fingerprint density at radius 1 is 1.18 bits per heavy atom. The molecule has 0 amide bonds. The van der Waals surface area contributed by atoms with E-state index >= 15 is 0 Å². The third-order valence-corrected chi connectivity index (χ3v) is 2.63. The summed E-state index contributed by atoms with van der Waals surface area (Å²) in [6.45, 7) is 2.15. The van der Waals surface area contributed by atoms with Crippen molar-refractivity contribution in [3.63, 3.8) is 0 Å². The van der Waals surface area contributed by atoms with Crippen LogP contribution < -0.4 is 4.74 Å². The molecule has 0 saturated heterocycles. The molecule has 0 atom stereocenters. The summed E-state index contributed by atoms with van der Waals surface area (Å²) in [4.78, 5) is 1.63. The Bertz CT molecular complexity index is 488. The molecule has 1 aromatic carbocycles. The normalized spacial score (nSPS) is 10.5. The quantitative estimate of drug-likeness (QED) is 0.811. The van der Waals surface area contributed by atoms with Gasteiger partial charge >= 0.3 is 0 Å². The van der Waals surface area contributed by atoms with E-state index in [0.717, 1.165) is 35.5 Å². The molecule has 0 aliphatic carbocycles. The second kappa shape index (κ2) is 4.99. The fourth-order valence-corrected chi connectivity index (χ4v) is 1.83. The maximum atomic E-state index is 5.15. The molecule has 0 fully saturated rings. The fraction of sp³-hybridized carbons (Fsp3) is 0.385. The summed E-state index contributed by atoms with van der Waals surface area (Å²) in [5.74, 6) is 0.856. The second-order valence-electron chi connectivity index (χ2n) is 3.96. The molecule has 0 spiro atoms. The highest BCUT2D eigenvalue weighted by Gasteiger charge is 2.10. The lowest BCUT2D eigenvalue weighted by Gasteiger charge is -2.02. The summed E-state index contributed by atoms with van der Waals surface area (Å²) >= 11 is 0. The number of hydrogen-bond acceptors (Lipinski definition) is 3. The Balaban J connectivity index is 2.37. The molecule has 0 aliphatic heterocycles. The minimum Gasteiger partial charge on any atom is -0.497 e. The summed E-state index contributed by atoms with van der Waals surface area (Å²) < 4.78 is 5.15. The Hall–Kier alpha value is -1.84. The van der Waals surface area contributed by atoms with Crippen LogP contribution in [0.5, 0.6) is 5.75 Å². The number of ether oxygens (including phenoxy) is 1. The van der Waals surface area contributed by atoms with E-state index in [4.69, 9.17) is 4.74 Å². The SMILES string of the molecule is CCCc1nn(C)nc1-c1ccc(OC)cc1. The standard InChI is InChI=1S/C13H17N3O/c1-4-5-12-13(15-16(2)14-12)10-6-8-11(17-3)9-7-10/h6-9H,4-5H2,1-3H3. The van der Waals surface area contributed by atoms with Gasteiger partial charge in [0.1, 0.15) is 11.4 Å². The maximum absolute atomic E-state index is 5.15. The molecule has 0 radical (unpaired) electrons. The third-order valence-electron chi connectivity index (χ3n) is 2.63. The van der Waals surface area contributed by atoms with Gasteiger partial charge in [-0.1, -0.05) is 13.3 Å². The van der Waals surface area contributed by atoms with Gasteiger partial charge in [-0.2, -0.15) is 15.0 Å². The van der Waals surface area contributed by atoms with Crippen LogP contribution in [0, 0.1) is 0 Å². The van der Waals surface area contributed by atoms with E-state index in [1.54, 1.807) is 11.9 Å². The van der Waals surface area contributed by atoms with Crippen molar-refractivity contribution in [2.24, 2.45) is 7.05 Å². The van der Waals surface area contributed by atoms with Gasteiger partial charge in [0.15, 0.2) is 0 Å². The van der Waals surface area contributed by atoms with Crippen LogP contribution in [0.25, 0.3) is 11.3 Å². The highest BCUT2D eigenvalue weighted by Crippen LogP contribution is 2.23. The van der Waals surface area contributed by atoms with Gasteiger partial charge in [0.2, 0.25) is 0 Å². The Labute approximate surface area is 101 Å². The Morgan fingerprint density at radius 2 is 1.88 bits per heavy atom. The summed E-state index contributed by atoms with van der Waals surface area (Å²) in [7, 11) is 3.52. The first-order chi connectivity index (χ1) is 8.24.